The predicted octanol–water partition coefficient (Wildman–Crippen LogP) is -0.171. The van der Waals surface area contributed by atoms with E-state index in [9.17, 15) is 14.7 Å². The number of rotatable bonds is 3. The van der Waals surface area contributed by atoms with Gasteiger partial charge in [-0.05, 0) is 30.2 Å². The van der Waals surface area contributed by atoms with E-state index < -0.39 is 12.0 Å². The zero-order valence-corrected chi connectivity index (χ0v) is 9.77. The molecule has 0 spiro atoms. The highest BCUT2D eigenvalue weighted by atomic mass is 16.3. The second kappa shape index (κ2) is 5.16. The molecule has 1 heterocycles. The molecule has 1 aromatic carbocycles. The van der Waals surface area contributed by atoms with Gasteiger partial charge in [0.1, 0.15) is 6.10 Å². The van der Waals surface area contributed by atoms with Gasteiger partial charge in [-0.3, -0.25) is 9.59 Å². The number of aliphatic hydroxyl groups is 1. The fourth-order valence-corrected chi connectivity index (χ4v) is 1.79. The predicted molar refractivity (Wildman–Crippen MR) is 67.1 cm³/mol. The standard InChI is InChI=1S/C12H15N3O3/c13-6-10(16)12(18)14-8-2-3-9-7(5-8)1-4-11(17)15-9/h2-3,5,10,16H,1,4,6,13H2,(H,14,18)(H,15,17). The Morgan fingerprint density at radius 1 is 1.50 bits per heavy atom. The molecule has 0 aromatic heterocycles. The van der Waals surface area contributed by atoms with Gasteiger partial charge in [0.25, 0.3) is 5.91 Å². The lowest BCUT2D eigenvalue weighted by Gasteiger charge is -2.18. The largest absolute Gasteiger partial charge is 0.382 e. The smallest absolute Gasteiger partial charge is 0.254 e. The highest BCUT2D eigenvalue weighted by molar-refractivity contribution is 5.96. The van der Waals surface area contributed by atoms with E-state index in [0.717, 1.165) is 11.3 Å². The van der Waals surface area contributed by atoms with E-state index in [0.29, 0.717) is 18.5 Å². The number of hydrogen-bond acceptors (Lipinski definition) is 4. The van der Waals surface area contributed by atoms with Gasteiger partial charge >= 0.3 is 0 Å². The zero-order valence-electron chi connectivity index (χ0n) is 9.77. The SMILES string of the molecule is NCC(O)C(=O)Nc1ccc2c(c1)CCC(=O)N2. The van der Waals surface area contributed by atoms with E-state index in [1.54, 1.807) is 18.2 Å². The van der Waals surface area contributed by atoms with Crippen LogP contribution in [0.1, 0.15) is 12.0 Å². The van der Waals surface area contributed by atoms with Crippen LogP contribution in [0.3, 0.4) is 0 Å². The van der Waals surface area contributed by atoms with Crippen LogP contribution in [0, 0.1) is 0 Å². The van der Waals surface area contributed by atoms with Gasteiger partial charge in [0, 0.05) is 24.3 Å². The summed E-state index contributed by atoms with van der Waals surface area (Å²) in [4.78, 5) is 22.6. The van der Waals surface area contributed by atoms with E-state index in [4.69, 9.17) is 5.73 Å². The number of nitrogens with one attached hydrogen (secondary N) is 2. The summed E-state index contributed by atoms with van der Waals surface area (Å²) in [5, 5.41) is 14.6. The molecule has 1 aliphatic rings. The Hall–Kier alpha value is -1.92. The van der Waals surface area contributed by atoms with Crippen LogP contribution in [0.25, 0.3) is 0 Å². The molecule has 0 saturated carbocycles. The first-order valence-electron chi connectivity index (χ1n) is 5.72. The summed E-state index contributed by atoms with van der Waals surface area (Å²) in [6.07, 6.45) is -0.124. The highest BCUT2D eigenvalue weighted by Gasteiger charge is 2.17. The Morgan fingerprint density at radius 2 is 2.28 bits per heavy atom. The molecular weight excluding hydrogens is 234 g/mol. The Bertz CT molecular complexity index is 487. The van der Waals surface area contributed by atoms with Crippen molar-refractivity contribution < 1.29 is 14.7 Å². The van der Waals surface area contributed by atoms with Crippen molar-refractivity contribution in [2.24, 2.45) is 5.73 Å². The van der Waals surface area contributed by atoms with Gasteiger partial charge in [0.05, 0.1) is 0 Å². The van der Waals surface area contributed by atoms with Crippen molar-refractivity contribution in [2.45, 2.75) is 18.9 Å². The molecule has 6 heteroatoms. The van der Waals surface area contributed by atoms with E-state index >= 15 is 0 Å². The summed E-state index contributed by atoms with van der Waals surface area (Å²) in [6, 6.07) is 5.19. The second-order valence-corrected chi connectivity index (χ2v) is 4.16. The first kappa shape index (κ1) is 12.5. The van der Waals surface area contributed by atoms with Crippen LogP contribution in [0.5, 0.6) is 0 Å². The summed E-state index contributed by atoms with van der Waals surface area (Å²) in [6.45, 7) is -0.118. The minimum atomic E-state index is -1.21. The quantitative estimate of drug-likeness (QED) is 0.597. The van der Waals surface area contributed by atoms with Gasteiger partial charge in [-0.15, -0.1) is 0 Å². The first-order valence-corrected chi connectivity index (χ1v) is 5.72. The Kier molecular flexibility index (Phi) is 3.59. The minimum absolute atomic E-state index is 0.00200. The monoisotopic (exact) mass is 249 g/mol. The lowest BCUT2D eigenvalue weighted by Crippen LogP contribution is -2.34. The molecule has 1 unspecified atom stereocenters. The van der Waals surface area contributed by atoms with Crippen LogP contribution in [-0.2, 0) is 16.0 Å². The molecule has 18 heavy (non-hydrogen) atoms. The van der Waals surface area contributed by atoms with Crippen molar-refractivity contribution in [3.8, 4) is 0 Å². The van der Waals surface area contributed by atoms with Crippen molar-refractivity contribution in [1.82, 2.24) is 0 Å². The third-order valence-electron chi connectivity index (χ3n) is 2.79. The molecule has 0 radical (unpaired) electrons. The third kappa shape index (κ3) is 2.66. The van der Waals surface area contributed by atoms with Gasteiger partial charge in [0.15, 0.2) is 0 Å². The van der Waals surface area contributed by atoms with E-state index in [1.807, 2.05) is 0 Å². The molecule has 1 aromatic rings. The fourth-order valence-electron chi connectivity index (χ4n) is 1.79. The van der Waals surface area contributed by atoms with Crippen LogP contribution in [-0.4, -0.2) is 29.6 Å². The molecule has 0 bridgehead atoms. The van der Waals surface area contributed by atoms with Crippen LogP contribution >= 0.6 is 0 Å². The molecule has 0 fully saturated rings. The van der Waals surface area contributed by atoms with Crippen molar-refractivity contribution in [3.63, 3.8) is 0 Å². The van der Waals surface area contributed by atoms with Gasteiger partial charge in [-0.1, -0.05) is 0 Å². The normalized spacial score (nSPS) is 15.6. The topological polar surface area (TPSA) is 104 Å². The van der Waals surface area contributed by atoms with Crippen LogP contribution in [0.15, 0.2) is 18.2 Å². The zero-order chi connectivity index (χ0) is 13.1. The summed E-state index contributed by atoms with van der Waals surface area (Å²) < 4.78 is 0. The lowest BCUT2D eigenvalue weighted by molar-refractivity contribution is -0.123. The molecule has 5 N–H and O–H groups in total. The van der Waals surface area contributed by atoms with Crippen molar-refractivity contribution in [3.05, 3.63) is 23.8 Å². The number of fused-ring (bicyclic) bond motifs is 1. The minimum Gasteiger partial charge on any atom is -0.382 e. The van der Waals surface area contributed by atoms with Gasteiger partial charge < -0.3 is 21.5 Å². The average molecular weight is 249 g/mol. The number of carbonyl (C=O) groups excluding carboxylic acids is 2. The Balaban J connectivity index is 2.12. The maximum absolute atomic E-state index is 11.5. The summed E-state index contributed by atoms with van der Waals surface area (Å²) in [5.41, 5.74) is 7.51. The number of benzene rings is 1. The molecule has 2 amide bonds. The Morgan fingerprint density at radius 3 is 3.00 bits per heavy atom. The van der Waals surface area contributed by atoms with Gasteiger partial charge in [0.2, 0.25) is 5.91 Å². The summed E-state index contributed by atoms with van der Waals surface area (Å²) in [7, 11) is 0. The van der Waals surface area contributed by atoms with Crippen molar-refractivity contribution in [1.29, 1.82) is 0 Å². The highest BCUT2D eigenvalue weighted by Crippen LogP contribution is 2.25. The lowest BCUT2D eigenvalue weighted by atomic mass is 10.0. The number of amides is 2. The van der Waals surface area contributed by atoms with E-state index in [1.165, 1.54) is 0 Å². The molecule has 1 atom stereocenters. The van der Waals surface area contributed by atoms with Crippen molar-refractivity contribution in [2.75, 3.05) is 17.2 Å². The van der Waals surface area contributed by atoms with Crippen LogP contribution in [0.4, 0.5) is 11.4 Å². The molecule has 6 nitrogen and oxygen atoms in total. The average Bonchev–Trinajstić information content (AvgIpc) is 2.38. The van der Waals surface area contributed by atoms with Crippen molar-refractivity contribution >= 4 is 23.2 Å². The number of anilines is 2. The van der Waals surface area contributed by atoms with Gasteiger partial charge in [-0.2, -0.15) is 0 Å². The second-order valence-electron chi connectivity index (χ2n) is 4.16. The van der Waals surface area contributed by atoms with Crippen LogP contribution < -0.4 is 16.4 Å². The maximum atomic E-state index is 11.5. The summed E-state index contributed by atoms with van der Waals surface area (Å²) in [5.74, 6) is -0.532. The van der Waals surface area contributed by atoms with Crippen LogP contribution in [0.2, 0.25) is 0 Å². The molecular formula is C12H15N3O3. The molecule has 1 aliphatic heterocycles. The number of nitrogens with two attached hydrogens (primary N) is 1. The molecule has 0 aliphatic carbocycles. The number of carbonyl (C=O) groups is 2. The number of hydrogen-bond donors (Lipinski definition) is 4. The van der Waals surface area contributed by atoms with E-state index in [2.05, 4.69) is 10.6 Å². The fraction of sp³-hybridized carbons (Fsp3) is 0.333. The third-order valence-corrected chi connectivity index (χ3v) is 2.79. The van der Waals surface area contributed by atoms with E-state index in [-0.39, 0.29) is 12.5 Å². The van der Waals surface area contributed by atoms with Gasteiger partial charge in [-0.25, -0.2) is 0 Å². The maximum Gasteiger partial charge on any atom is 0.254 e. The molecule has 0 saturated heterocycles. The number of aliphatic hydroxyl groups excluding tert-OH is 1. The molecule has 96 valence electrons. The summed E-state index contributed by atoms with van der Waals surface area (Å²) >= 11 is 0. The Labute approximate surface area is 104 Å². The molecule has 2 rings (SSSR count). The number of aryl methyl sites for hydroxylation is 1. The first-order chi connectivity index (χ1) is 8.60.